The molecule has 1 aliphatic heterocycles. The van der Waals surface area contributed by atoms with E-state index < -0.39 is 29.1 Å². The first-order valence-corrected chi connectivity index (χ1v) is 7.49. The summed E-state index contributed by atoms with van der Waals surface area (Å²) in [6, 6.07) is 0. The molecule has 0 aromatic heterocycles. The predicted molar refractivity (Wildman–Crippen MR) is 78.7 cm³/mol. The maximum atomic E-state index is 13.4. The lowest BCUT2D eigenvalue weighted by atomic mass is 9.82. The van der Waals surface area contributed by atoms with E-state index in [1.165, 1.54) is 25.8 Å². The van der Waals surface area contributed by atoms with Crippen LogP contribution < -0.4 is 5.32 Å². The fourth-order valence-electron chi connectivity index (χ4n) is 1.97. The Balaban J connectivity index is 2.36. The monoisotopic (exact) mass is 334 g/mol. The number of likely N-dealkylation sites (N-methyl/N-ethyl adjacent to an activating group) is 1. The number of rotatable bonds is 7. The number of carbonyl (C=O) groups excluding carboxylic acids is 3. The van der Waals surface area contributed by atoms with E-state index in [0.29, 0.717) is 0 Å². The molecule has 0 radical (unpaired) electrons. The number of amides is 2. The topological polar surface area (TPSA) is 75.7 Å². The Labute approximate surface area is 134 Å². The van der Waals surface area contributed by atoms with Crippen molar-refractivity contribution in [1.29, 1.82) is 0 Å². The van der Waals surface area contributed by atoms with Crippen LogP contribution in [0.25, 0.3) is 0 Å². The largest absolute Gasteiger partial charge is 0.465 e. The summed E-state index contributed by atoms with van der Waals surface area (Å²) in [7, 11) is 1.50. The molecule has 0 aromatic carbocycles. The van der Waals surface area contributed by atoms with Gasteiger partial charge in [-0.15, -0.1) is 0 Å². The van der Waals surface area contributed by atoms with Gasteiger partial charge in [-0.3, -0.25) is 14.4 Å². The van der Waals surface area contributed by atoms with Crippen LogP contribution in [0.3, 0.4) is 0 Å². The molecule has 132 valence electrons. The number of hydrogen-bond acceptors (Lipinski definition) is 4. The van der Waals surface area contributed by atoms with Crippen molar-refractivity contribution < 1.29 is 27.9 Å². The first kappa shape index (κ1) is 19.3. The van der Waals surface area contributed by atoms with E-state index >= 15 is 0 Å². The van der Waals surface area contributed by atoms with Gasteiger partial charge in [0.15, 0.2) is 0 Å². The van der Waals surface area contributed by atoms with E-state index in [4.69, 9.17) is 4.74 Å². The quantitative estimate of drug-likeness (QED) is 0.710. The van der Waals surface area contributed by atoms with Crippen molar-refractivity contribution >= 4 is 17.8 Å². The molecule has 1 atom stereocenters. The summed E-state index contributed by atoms with van der Waals surface area (Å²) >= 11 is 0. The molecule has 0 saturated carbocycles. The standard InChI is InChI=1S/C15H24F2N2O4/c1-14(2,15(3,16)17)8-11(20)19(4)6-5-18-13(22)10-7-12(21)23-9-10/h10H,5-9H2,1-4H3,(H,18,22). The van der Waals surface area contributed by atoms with Crippen LogP contribution in [-0.2, 0) is 19.1 Å². The van der Waals surface area contributed by atoms with Crippen LogP contribution in [0, 0.1) is 11.3 Å². The smallest absolute Gasteiger partial charge is 0.306 e. The van der Waals surface area contributed by atoms with Gasteiger partial charge in [0, 0.05) is 32.0 Å². The number of carbonyl (C=O) groups is 3. The number of nitrogens with one attached hydrogen (secondary N) is 1. The molecule has 0 spiro atoms. The van der Waals surface area contributed by atoms with Gasteiger partial charge in [0.1, 0.15) is 6.61 Å². The lowest BCUT2D eigenvalue weighted by Gasteiger charge is -2.32. The molecule has 0 bridgehead atoms. The number of nitrogens with zero attached hydrogens (tertiary/aromatic N) is 1. The summed E-state index contributed by atoms with van der Waals surface area (Å²) in [5.74, 6) is -4.59. The Bertz CT molecular complexity index is 475. The molecule has 1 rings (SSSR count). The Hall–Kier alpha value is -1.73. The third kappa shape index (κ3) is 5.44. The zero-order valence-corrected chi connectivity index (χ0v) is 13.9. The molecular weight excluding hydrogens is 310 g/mol. The summed E-state index contributed by atoms with van der Waals surface area (Å²) in [6.07, 6.45) is -0.230. The first-order chi connectivity index (χ1) is 10.4. The molecule has 6 nitrogen and oxygen atoms in total. The molecule has 1 N–H and O–H groups in total. The van der Waals surface area contributed by atoms with Gasteiger partial charge in [-0.2, -0.15) is 0 Å². The average Bonchev–Trinajstić information content (AvgIpc) is 2.83. The molecule has 1 aliphatic rings. The van der Waals surface area contributed by atoms with E-state index in [1.54, 1.807) is 0 Å². The summed E-state index contributed by atoms with van der Waals surface area (Å²) in [6.45, 7) is 3.95. The number of esters is 1. The maximum Gasteiger partial charge on any atom is 0.306 e. The zero-order chi connectivity index (χ0) is 17.8. The Morgan fingerprint density at radius 1 is 1.35 bits per heavy atom. The van der Waals surface area contributed by atoms with Crippen LogP contribution in [0.5, 0.6) is 0 Å². The van der Waals surface area contributed by atoms with Gasteiger partial charge in [0.05, 0.1) is 12.3 Å². The highest BCUT2D eigenvalue weighted by Gasteiger charge is 2.43. The van der Waals surface area contributed by atoms with Gasteiger partial charge in [-0.05, 0) is 6.92 Å². The lowest BCUT2D eigenvalue weighted by molar-refractivity contribution is -0.142. The van der Waals surface area contributed by atoms with Gasteiger partial charge in [0.2, 0.25) is 11.8 Å². The molecule has 2 amide bonds. The van der Waals surface area contributed by atoms with Crippen molar-refractivity contribution in [3.8, 4) is 0 Å². The fraction of sp³-hybridized carbons (Fsp3) is 0.800. The van der Waals surface area contributed by atoms with Crippen molar-refractivity contribution in [3.05, 3.63) is 0 Å². The second kappa shape index (κ2) is 7.23. The molecule has 1 saturated heterocycles. The van der Waals surface area contributed by atoms with Gasteiger partial charge >= 0.3 is 5.97 Å². The third-order valence-electron chi connectivity index (χ3n) is 4.18. The number of halogens is 2. The third-order valence-corrected chi connectivity index (χ3v) is 4.18. The van der Waals surface area contributed by atoms with Gasteiger partial charge in [-0.1, -0.05) is 13.8 Å². The molecule has 0 aliphatic carbocycles. The molecule has 1 unspecified atom stereocenters. The molecule has 23 heavy (non-hydrogen) atoms. The Morgan fingerprint density at radius 3 is 2.43 bits per heavy atom. The minimum absolute atomic E-state index is 0.0559. The van der Waals surface area contributed by atoms with E-state index in [1.807, 2.05) is 0 Å². The maximum absolute atomic E-state index is 13.4. The van der Waals surface area contributed by atoms with Gasteiger partial charge in [0.25, 0.3) is 5.92 Å². The molecular formula is C15H24F2N2O4. The second-order valence-corrected chi connectivity index (χ2v) is 6.64. The van der Waals surface area contributed by atoms with Gasteiger partial charge in [-0.25, -0.2) is 8.78 Å². The summed E-state index contributed by atoms with van der Waals surface area (Å²) < 4.78 is 31.5. The van der Waals surface area contributed by atoms with Crippen LogP contribution in [-0.4, -0.2) is 55.4 Å². The van der Waals surface area contributed by atoms with Crippen LogP contribution in [0.1, 0.15) is 33.6 Å². The van der Waals surface area contributed by atoms with Crippen LogP contribution in [0.15, 0.2) is 0 Å². The predicted octanol–water partition coefficient (Wildman–Crippen LogP) is 1.20. The summed E-state index contributed by atoms with van der Waals surface area (Å²) in [5, 5.41) is 2.61. The highest BCUT2D eigenvalue weighted by atomic mass is 19.3. The number of cyclic esters (lactones) is 1. The van der Waals surface area contributed by atoms with Crippen LogP contribution in [0.2, 0.25) is 0 Å². The normalized spacial score (nSPS) is 18.5. The van der Waals surface area contributed by atoms with E-state index in [2.05, 4.69) is 5.32 Å². The van der Waals surface area contributed by atoms with Gasteiger partial charge < -0.3 is 15.0 Å². The zero-order valence-electron chi connectivity index (χ0n) is 13.9. The lowest BCUT2D eigenvalue weighted by Crippen LogP contribution is -2.42. The van der Waals surface area contributed by atoms with E-state index in [-0.39, 0.29) is 38.4 Å². The fourth-order valence-corrected chi connectivity index (χ4v) is 1.97. The number of ether oxygens (including phenoxy) is 1. The number of alkyl halides is 2. The van der Waals surface area contributed by atoms with Crippen molar-refractivity contribution in [1.82, 2.24) is 10.2 Å². The van der Waals surface area contributed by atoms with Crippen LogP contribution in [0.4, 0.5) is 8.78 Å². The minimum atomic E-state index is -2.97. The van der Waals surface area contributed by atoms with E-state index in [0.717, 1.165) is 6.92 Å². The van der Waals surface area contributed by atoms with Crippen LogP contribution >= 0.6 is 0 Å². The average molecular weight is 334 g/mol. The molecule has 1 heterocycles. The first-order valence-electron chi connectivity index (χ1n) is 7.49. The Morgan fingerprint density at radius 2 is 1.96 bits per heavy atom. The van der Waals surface area contributed by atoms with Crippen molar-refractivity contribution in [2.75, 3.05) is 26.7 Å². The van der Waals surface area contributed by atoms with E-state index in [9.17, 15) is 23.2 Å². The molecule has 0 aromatic rings. The highest BCUT2D eigenvalue weighted by molar-refractivity contribution is 5.86. The van der Waals surface area contributed by atoms with Crippen molar-refractivity contribution in [2.24, 2.45) is 11.3 Å². The SMILES string of the molecule is CN(CCNC(=O)C1COC(=O)C1)C(=O)CC(C)(C)C(C)(F)F. The van der Waals surface area contributed by atoms with Crippen molar-refractivity contribution in [2.45, 2.75) is 39.5 Å². The second-order valence-electron chi connectivity index (χ2n) is 6.64. The summed E-state index contributed by atoms with van der Waals surface area (Å²) in [4.78, 5) is 36.0. The van der Waals surface area contributed by atoms with Crippen molar-refractivity contribution in [3.63, 3.8) is 0 Å². The summed E-state index contributed by atoms with van der Waals surface area (Å²) in [5.41, 5.74) is -1.44. The molecule has 8 heteroatoms. The number of hydrogen-bond donors (Lipinski definition) is 1. The highest BCUT2D eigenvalue weighted by Crippen LogP contribution is 2.38. The minimum Gasteiger partial charge on any atom is -0.465 e. The Kier molecular flexibility index (Phi) is 6.07. The molecule has 1 fully saturated rings.